The Hall–Kier alpha value is -2.68. The molecule has 28 heavy (non-hydrogen) atoms. The molecule has 0 spiro atoms. The third-order valence-electron chi connectivity index (χ3n) is 3.48. The molecule has 0 aromatic carbocycles. The van der Waals surface area contributed by atoms with Crippen molar-refractivity contribution in [1.29, 1.82) is 0 Å². The molecule has 0 aliphatic rings. The first kappa shape index (κ1) is 25.3. The summed E-state index contributed by atoms with van der Waals surface area (Å²) in [6.07, 6.45) is 2.50. The normalized spacial score (nSPS) is 10.9. The van der Waals surface area contributed by atoms with E-state index in [9.17, 15) is 14.4 Å². The standard InChI is InChI=1S/C17H31N5O6/c1-3-5-12-27-16(24)19-10-7-6-9-14(15(23)26-4-2)21-17(25)28-13-8-11-20-22-18/h14H,3-13H2,1-2H3,(H,19,24)(H,21,25). The Labute approximate surface area is 165 Å². The maximum Gasteiger partial charge on any atom is 0.407 e. The van der Waals surface area contributed by atoms with Gasteiger partial charge in [-0.1, -0.05) is 18.5 Å². The Morgan fingerprint density at radius 2 is 1.71 bits per heavy atom. The van der Waals surface area contributed by atoms with E-state index < -0.39 is 24.2 Å². The maximum atomic E-state index is 12.0. The average Bonchev–Trinajstić information content (AvgIpc) is 2.67. The van der Waals surface area contributed by atoms with Gasteiger partial charge in [0.05, 0.1) is 19.8 Å². The lowest BCUT2D eigenvalue weighted by Crippen LogP contribution is -2.42. The summed E-state index contributed by atoms with van der Waals surface area (Å²) in [7, 11) is 0. The predicted molar refractivity (Wildman–Crippen MR) is 102 cm³/mol. The molecule has 0 saturated carbocycles. The van der Waals surface area contributed by atoms with Gasteiger partial charge in [0.15, 0.2) is 0 Å². The number of carbonyl (C=O) groups excluding carboxylic acids is 3. The van der Waals surface area contributed by atoms with E-state index >= 15 is 0 Å². The molecule has 2 N–H and O–H groups in total. The molecule has 1 unspecified atom stereocenters. The van der Waals surface area contributed by atoms with Crippen molar-refractivity contribution in [1.82, 2.24) is 10.6 Å². The quantitative estimate of drug-likeness (QED) is 0.107. The average molecular weight is 401 g/mol. The highest BCUT2D eigenvalue weighted by Gasteiger charge is 2.22. The molecule has 0 aliphatic heterocycles. The number of alkyl carbamates (subject to hydrolysis) is 2. The number of nitrogens with one attached hydrogen (secondary N) is 2. The van der Waals surface area contributed by atoms with Crippen molar-refractivity contribution in [3.05, 3.63) is 10.4 Å². The van der Waals surface area contributed by atoms with Crippen LogP contribution < -0.4 is 10.6 Å². The highest BCUT2D eigenvalue weighted by molar-refractivity contribution is 5.81. The van der Waals surface area contributed by atoms with Gasteiger partial charge in [0.1, 0.15) is 6.04 Å². The molecule has 0 bridgehead atoms. The number of hydrogen-bond acceptors (Lipinski definition) is 7. The van der Waals surface area contributed by atoms with Gasteiger partial charge in [0, 0.05) is 18.0 Å². The minimum absolute atomic E-state index is 0.0739. The summed E-state index contributed by atoms with van der Waals surface area (Å²) in [4.78, 5) is 37.8. The molecule has 0 heterocycles. The molecule has 0 aliphatic carbocycles. The second-order valence-corrected chi connectivity index (χ2v) is 5.80. The largest absolute Gasteiger partial charge is 0.464 e. The Kier molecular flexibility index (Phi) is 16.0. The third kappa shape index (κ3) is 14.5. The molecule has 0 aromatic rings. The highest BCUT2D eigenvalue weighted by Crippen LogP contribution is 2.04. The van der Waals surface area contributed by atoms with Crippen molar-refractivity contribution in [2.24, 2.45) is 5.11 Å². The van der Waals surface area contributed by atoms with Gasteiger partial charge in [-0.3, -0.25) is 0 Å². The van der Waals surface area contributed by atoms with Crippen molar-refractivity contribution in [3.8, 4) is 0 Å². The van der Waals surface area contributed by atoms with Crippen LogP contribution in [0.1, 0.15) is 52.4 Å². The summed E-state index contributed by atoms with van der Waals surface area (Å²) >= 11 is 0. The van der Waals surface area contributed by atoms with Crippen LogP contribution in [0.5, 0.6) is 0 Å². The smallest absolute Gasteiger partial charge is 0.407 e. The molecule has 2 amide bonds. The Bertz CT molecular complexity index is 510. The molecule has 160 valence electrons. The van der Waals surface area contributed by atoms with E-state index in [-0.39, 0.29) is 19.8 Å². The van der Waals surface area contributed by atoms with Gasteiger partial charge in [0.25, 0.3) is 0 Å². The molecular formula is C17H31N5O6. The zero-order chi connectivity index (χ0) is 21.0. The predicted octanol–water partition coefficient (Wildman–Crippen LogP) is 3.04. The fourth-order valence-electron chi connectivity index (χ4n) is 2.04. The van der Waals surface area contributed by atoms with Crippen molar-refractivity contribution in [2.75, 3.05) is 32.9 Å². The van der Waals surface area contributed by atoms with Crippen LogP contribution in [0.4, 0.5) is 9.59 Å². The fourth-order valence-corrected chi connectivity index (χ4v) is 2.04. The first-order valence-electron chi connectivity index (χ1n) is 9.56. The summed E-state index contributed by atoms with van der Waals surface area (Å²) in [5, 5.41) is 8.44. The zero-order valence-corrected chi connectivity index (χ0v) is 16.6. The molecule has 0 saturated heterocycles. The van der Waals surface area contributed by atoms with Gasteiger partial charge in [0.2, 0.25) is 0 Å². The van der Waals surface area contributed by atoms with Crippen LogP contribution >= 0.6 is 0 Å². The second-order valence-electron chi connectivity index (χ2n) is 5.80. The van der Waals surface area contributed by atoms with Crippen LogP contribution in [0.15, 0.2) is 5.11 Å². The van der Waals surface area contributed by atoms with Gasteiger partial charge in [-0.2, -0.15) is 0 Å². The van der Waals surface area contributed by atoms with Gasteiger partial charge >= 0.3 is 18.2 Å². The van der Waals surface area contributed by atoms with Crippen LogP contribution in [0.2, 0.25) is 0 Å². The molecule has 0 radical (unpaired) electrons. The summed E-state index contributed by atoms with van der Waals surface area (Å²) in [5.41, 5.74) is 8.16. The van der Waals surface area contributed by atoms with Gasteiger partial charge in [-0.15, -0.1) is 0 Å². The van der Waals surface area contributed by atoms with Gasteiger partial charge in [-0.25, -0.2) is 14.4 Å². The number of rotatable bonds is 15. The molecule has 0 fully saturated rings. The summed E-state index contributed by atoms with van der Waals surface area (Å²) in [5.74, 6) is -0.541. The van der Waals surface area contributed by atoms with E-state index in [2.05, 4.69) is 20.7 Å². The van der Waals surface area contributed by atoms with Gasteiger partial charge < -0.3 is 24.8 Å². The highest BCUT2D eigenvalue weighted by atomic mass is 16.6. The SMILES string of the molecule is CCCCOC(=O)NCCCCC(NC(=O)OCCCN=[N+]=[N-])C(=O)OCC. The number of azide groups is 1. The number of nitrogens with zero attached hydrogens (tertiary/aromatic N) is 3. The van der Waals surface area contributed by atoms with E-state index in [1.807, 2.05) is 6.92 Å². The van der Waals surface area contributed by atoms with Crippen LogP contribution in [0, 0.1) is 0 Å². The third-order valence-corrected chi connectivity index (χ3v) is 3.48. The van der Waals surface area contributed by atoms with Crippen molar-refractivity contribution < 1.29 is 28.6 Å². The lowest BCUT2D eigenvalue weighted by Gasteiger charge is -2.17. The molecule has 11 heteroatoms. The minimum atomic E-state index is -0.832. The molecular weight excluding hydrogens is 370 g/mol. The summed E-state index contributed by atoms with van der Waals surface area (Å²) in [6.45, 7) is 4.98. The Balaban J connectivity index is 4.14. The van der Waals surface area contributed by atoms with Crippen LogP contribution in [0.3, 0.4) is 0 Å². The topological polar surface area (TPSA) is 152 Å². The van der Waals surface area contributed by atoms with Crippen molar-refractivity contribution in [2.45, 2.75) is 58.4 Å². The Morgan fingerprint density at radius 1 is 1.00 bits per heavy atom. The number of ether oxygens (including phenoxy) is 3. The molecule has 0 aromatic heterocycles. The Morgan fingerprint density at radius 3 is 2.39 bits per heavy atom. The van der Waals surface area contributed by atoms with Crippen LogP contribution in [0.25, 0.3) is 10.4 Å². The fraction of sp³-hybridized carbons (Fsp3) is 0.824. The van der Waals surface area contributed by atoms with Crippen LogP contribution in [-0.2, 0) is 19.0 Å². The van der Waals surface area contributed by atoms with E-state index in [1.165, 1.54) is 0 Å². The number of amides is 2. The van der Waals surface area contributed by atoms with E-state index in [1.54, 1.807) is 6.92 Å². The number of unbranched alkanes of at least 4 members (excludes halogenated alkanes) is 2. The summed E-state index contributed by atoms with van der Waals surface area (Å²) in [6, 6.07) is -0.832. The number of carbonyl (C=O) groups is 3. The van der Waals surface area contributed by atoms with E-state index in [0.29, 0.717) is 38.8 Å². The van der Waals surface area contributed by atoms with E-state index in [0.717, 1.165) is 12.8 Å². The summed E-state index contributed by atoms with van der Waals surface area (Å²) < 4.78 is 14.9. The minimum Gasteiger partial charge on any atom is -0.464 e. The van der Waals surface area contributed by atoms with Crippen molar-refractivity contribution in [3.63, 3.8) is 0 Å². The molecule has 1 atom stereocenters. The molecule has 11 nitrogen and oxygen atoms in total. The van der Waals surface area contributed by atoms with Crippen molar-refractivity contribution >= 4 is 18.2 Å². The monoisotopic (exact) mass is 401 g/mol. The molecule has 0 rings (SSSR count). The van der Waals surface area contributed by atoms with Gasteiger partial charge in [-0.05, 0) is 44.6 Å². The lowest BCUT2D eigenvalue weighted by molar-refractivity contribution is -0.145. The lowest BCUT2D eigenvalue weighted by atomic mass is 10.1. The second kappa shape index (κ2) is 17.7. The first-order chi connectivity index (χ1) is 13.5. The number of esters is 1. The van der Waals surface area contributed by atoms with Crippen LogP contribution in [-0.4, -0.2) is 57.1 Å². The number of hydrogen-bond donors (Lipinski definition) is 2. The van der Waals surface area contributed by atoms with E-state index in [4.69, 9.17) is 19.7 Å². The maximum absolute atomic E-state index is 12.0. The zero-order valence-electron chi connectivity index (χ0n) is 16.6. The first-order valence-corrected chi connectivity index (χ1v) is 9.56.